The average Bonchev–Trinajstić information content (AvgIpc) is 3.95. The second-order valence-electron chi connectivity index (χ2n) is 16.3. The summed E-state index contributed by atoms with van der Waals surface area (Å²) in [6.45, 7) is 0. The fourth-order valence-electron chi connectivity index (χ4n) is 9.20. The van der Waals surface area contributed by atoms with Crippen LogP contribution in [0.5, 0.6) is 0 Å². The number of allylic oxidation sites excluding steroid dienone is 14. The lowest BCUT2D eigenvalue weighted by Gasteiger charge is -2.22. The molecule has 1 aliphatic heterocycles. The number of rotatable bonds is 9. The Balaban J connectivity index is 0.00000101. The zero-order valence-electron chi connectivity index (χ0n) is 35.8. The van der Waals surface area contributed by atoms with Gasteiger partial charge < -0.3 is 0 Å². The summed E-state index contributed by atoms with van der Waals surface area (Å²) in [5, 5.41) is 0. The van der Waals surface area contributed by atoms with Crippen LogP contribution in [0.1, 0.15) is 65.7 Å². The van der Waals surface area contributed by atoms with E-state index in [2.05, 4.69) is 200 Å². The second kappa shape index (κ2) is 20.5. The lowest BCUT2D eigenvalue weighted by atomic mass is 9.83. The quantitative estimate of drug-likeness (QED) is 0.135. The van der Waals surface area contributed by atoms with Gasteiger partial charge in [0.05, 0.1) is 10.4 Å². The molecule has 2 heterocycles. The molecule has 0 fully saturated rings. The molecule has 4 aliphatic rings. The first-order valence-electron chi connectivity index (χ1n) is 22.0. The Morgan fingerprint density at radius 2 is 1.08 bits per heavy atom. The highest BCUT2D eigenvalue weighted by atomic mass is 35.7. The first-order valence-corrected chi connectivity index (χ1v) is 24.9. The van der Waals surface area contributed by atoms with Crippen molar-refractivity contribution in [3.05, 3.63) is 255 Å². The van der Waals surface area contributed by atoms with Crippen molar-refractivity contribution < 1.29 is 28.9 Å². The lowest BCUT2D eigenvalue weighted by Crippen LogP contribution is -2.68. The van der Waals surface area contributed by atoms with Gasteiger partial charge in [0, 0.05) is 50.3 Å². The van der Waals surface area contributed by atoms with E-state index in [1.807, 2.05) is 23.1 Å². The highest BCUT2D eigenvalue weighted by molar-refractivity contribution is 8.12. The number of thioether (sulfide) groups is 1. The average molecular weight is 908 g/mol. The first-order chi connectivity index (χ1) is 31.8. The first kappa shape index (κ1) is 44.3. The van der Waals surface area contributed by atoms with Crippen molar-refractivity contribution in [3.63, 3.8) is 0 Å². The molecule has 0 amide bonds. The zero-order valence-corrected chi connectivity index (χ0v) is 38.2. The summed E-state index contributed by atoms with van der Waals surface area (Å²) in [7, 11) is -4.94. The Labute approximate surface area is 392 Å². The maximum Gasteiger partial charge on any atom is 0.114 e. The smallest absolute Gasteiger partial charge is 0.114 e. The number of fused-ring (bicyclic) bond motifs is 2. The maximum absolute atomic E-state index is 8.49. The molecule has 0 saturated heterocycles. The van der Waals surface area contributed by atoms with Gasteiger partial charge in [0.25, 0.3) is 0 Å². The molecule has 5 aromatic carbocycles. The van der Waals surface area contributed by atoms with E-state index in [0.717, 1.165) is 44.9 Å². The lowest BCUT2D eigenvalue weighted by molar-refractivity contribution is -2.00. The summed E-state index contributed by atoms with van der Waals surface area (Å²) in [5.74, 6) is 0. The van der Waals surface area contributed by atoms with E-state index in [1.165, 1.54) is 97.5 Å². The molecular formula is C58H47ClO4S2. The summed E-state index contributed by atoms with van der Waals surface area (Å²) in [6, 6.07) is 57.1. The normalized spacial score (nSPS) is 17.5. The van der Waals surface area contributed by atoms with Crippen LogP contribution in [0, 0.1) is 10.2 Å². The van der Waals surface area contributed by atoms with Crippen LogP contribution in [0.2, 0.25) is 0 Å². The predicted octanol–water partition coefficient (Wildman–Crippen LogP) is 11.9. The molecule has 322 valence electrons. The SMILES string of the molecule is C(=CC1=C2SC(c3ccccc3)=CC(c3ccccc3)=C2CC1)C=C1CCCC(C=CC=C2CCc3c(-c4ccccc4)c[c+](-c4ccccc4)sc32)=C1c1ccccc1.[O-][Cl+3]([O-])([O-])[O-]. The van der Waals surface area contributed by atoms with Crippen molar-refractivity contribution in [3.8, 4) is 21.6 Å². The van der Waals surface area contributed by atoms with Crippen LogP contribution in [0.15, 0.2) is 227 Å². The fourth-order valence-corrected chi connectivity index (χ4v) is 11.8. The van der Waals surface area contributed by atoms with Gasteiger partial charge in [-0.3, -0.25) is 0 Å². The van der Waals surface area contributed by atoms with Gasteiger partial charge in [-0.25, -0.2) is 18.6 Å². The van der Waals surface area contributed by atoms with Gasteiger partial charge in [0.15, 0.2) is 0 Å². The fraction of sp³-hybridized carbons (Fsp3) is 0.121. The van der Waals surface area contributed by atoms with Gasteiger partial charge >= 0.3 is 0 Å². The Hall–Kier alpha value is -5.93. The van der Waals surface area contributed by atoms with Crippen LogP contribution in [0.3, 0.4) is 0 Å². The van der Waals surface area contributed by atoms with Gasteiger partial charge in [-0.05, 0) is 138 Å². The topological polar surface area (TPSA) is 92.2 Å². The molecule has 4 nitrogen and oxygen atoms in total. The van der Waals surface area contributed by atoms with Gasteiger partial charge in [0.2, 0.25) is 0 Å². The van der Waals surface area contributed by atoms with E-state index >= 15 is 0 Å². The number of halogens is 1. The van der Waals surface area contributed by atoms with Gasteiger partial charge in [-0.15, -0.1) is 10.2 Å². The summed E-state index contributed by atoms with van der Waals surface area (Å²) >= 11 is 3.90. The molecule has 1 aromatic heterocycles. The molecule has 0 atom stereocenters. The molecule has 7 heteroatoms. The third kappa shape index (κ3) is 10.8. The molecule has 0 N–H and O–H groups in total. The number of hydrogen-bond donors (Lipinski definition) is 0. The standard InChI is InChI=1S/C58H47S2.ClHO4/c1-6-19-41(20-7-1)52-39-54(43-23-10-3-11-24-43)59-57-48(35-37-50(52)57)33-17-31-46-29-16-30-47(56(46)45-27-14-5-15-28-45)32-18-34-49-36-38-51-53(42-21-8-2-9-22-42)40-55(60-58(49)51)44-25-12-4-13-26-44;2-1(3,4)5/h1-15,17-28,31-34,39-40H,16,29-30,35-38H2;(H,2,3,4,5)/q+1;/p-1. The molecule has 0 spiro atoms. The van der Waals surface area contributed by atoms with Gasteiger partial charge in [-0.1, -0.05) is 163 Å². The van der Waals surface area contributed by atoms with E-state index in [-0.39, 0.29) is 0 Å². The van der Waals surface area contributed by atoms with E-state index in [0.29, 0.717) is 0 Å². The minimum atomic E-state index is -4.94. The van der Waals surface area contributed by atoms with Crippen molar-refractivity contribution in [2.45, 2.75) is 44.9 Å². The van der Waals surface area contributed by atoms with Gasteiger partial charge in [-0.2, -0.15) is 0 Å². The Bertz CT molecular complexity index is 2920. The van der Waals surface area contributed by atoms with Crippen molar-refractivity contribution in [1.29, 1.82) is 0 Å². The van der Waals surface area contributed by atoms with Crippen LogP contribution in [-0.2, 0) is 6.42 Å². The predicted molar refractivity (Wildman–Crippen MR) is 261 cm³/mol. The molecule has 6 aromatic rings. The van der Waals surface area contributed by atoms with Crippen LogP contribution >= 0.6 is 23.1 Å². The minimum absolute atomic E-state index is 1.07. The molecule has 0 saturated carbocycles. The Morgan fingerprint density at radius 3 is 1.72 bits per heavy atom. The highest BCUT2D eigenvalue weighted by Crippen LogP contribution is 2.53. The molecular weight excluding hydrogens is 860 g/mol. The van der Waals surface area contributed by atoms with Crippen LogP contribution in [0.25, 0.3) is 43.2 Å². The van der Waals surface area contributed by atoms with Gasteiger partial charge in [0.1, 0.15) is 4.88 Å². The van der Waals surface area contributed by atoms with Crippen molar-refractivity contribution >= 4 is 44.7 Å². The van der Waals surface area contributed by atoms with E-state index in [9.17, 15) is 0 Å². The molecule has 0 bridgehead atoms. The molecule has 10 rings (SSSR count). The second-order valence-corrected chi connectivity index (χ2v) is 19.1. The van der Waals surface area contributed by atoms with E-state index < -0.39 is 10.2 Å². The monoisotopic (exact) mass is 906 g/mol. The summed E-state index contributed by atoms with van der Waals surface area (Å²) in [6.07, 6.45) is 24.3. The molecule has 65 heavy (non-hydrogen) atoms. The zero-order chi connectivity index (χ0) is 44.6. The van der Waals surface area contributed by atoms with Crippen molar-refractivity contribution in [2.75, 3.05) is 0 Å². The maximum atomic E-state index is 8.49. The molecule has 3 aliphatic carbocycles. The number of benzene rings is 5. The van der Waals surface area contributed by atoms with E-state index in [4.69, 9.17) is 18.6 Å². The minimum Gasteiger partial charge on any atom is -0.222 e. The molecule has 0 unspecified atom stereocenters. The molecule has 0 radical (unpaired) electrons. The number of hydrogen-bond acceptors (Lipinski definition) is 6. The summed E-state index contributed by atoms with van der Waals surface area (Å²) in [4.78, 5) is 5.51. The summed E-state index contributed by atoms with van der Waals surface area (Å²) < 4.78 is 34.0. The Kier molecular flexibility index (Phi) is 14.0. The van der Waals surface area contributed by atoms with Crippen molar-refractivity contribution in [1.82, 2.24) is 0 Å². The van der Waals surface area contributed by atoms with E-state index in [1.54, 1.807) is 0 Å². The highest BCUT2D eigenvalue weighted by Gasteiger charge is 2.29. The van der Waals surface area contributed by atoms with Crippen LogP contribution < -0.4 is 18.6 Å². The summed E-state index contributed by atoms with van der Waals surface area (Å²) in [5.41, 5.74) is 19.3. The van der Waals surface area contributed by atoms with Crippen LogP contribution in [0.4, 0.5) is 0 Å². The largest absolute Gasteiger partial charge is 0.222 e. The van der Waals surface area contributed by atoms with Crippen LogP contribution in [-0.4, -0.2) is 0 Å². The third-order valence-corrected chi connectivity index (χ3v) is 14.7. The Morgan fingerprint density at radius 1 is 0.523 bits per heavy atom. The third-order valence-electron chi connectivity index (χ3n) is 12.1. The van der Waals surface area contributed by atoms with Crippen molar-refractivity contribution in [2.24, 2.45) is 0 Å².